The summed E-state index contributed by atoms with van der Waals surface area (Å²) < 4.78 is 0.679. The zero-order valence-corrected chi connectivity index (χ0v) is 10.8. The van der Waals surface area contributed by atoms with Crippen molar-refractivity contribution in [1.29, 1.82) is 0 Å². The van der Waals surface area contributed by atoms with E-state index in [9.17, 15) is 0 Å². The number of halogens is 1. The summed E-state index contributed by atoms with van der Waals surface area (Å²) in [6.07, 6.45) is 6.36. The lowest BCUT2D eigenvalue weighted by Gasteiger charge is -2.17. The molecule has 1 saturated carbocycles. The van der Waals surface area contributed by atoms with Crippen LogP contribution in [0.25, 0.3) is 0 Å². The second-order valence-electron chi connectivity index (χ2n) is 4.09. The van der Waals surface area contributed by atoms with Gasteiger partial charge in [0.15, 0.2) is 4.50 Å². The van der Waals surface area contributed by atoms with Crippen LogP contribution in [0.3, 0.4) is 0 Å². The van der Waals surface area contributed by atoms with Gasteiger partial charge >= 0.3 is 0 Å². The van der Waals surface area contributed by atoms with E-state index in [1.807, 2.05) is 18.2 Å². The largest absolute Gasteiger partial charge is 0.264 e. The Morgan fingerprint density at radius 1 is 1.12 bits per heavy atom. The van der Waals surface area contributed by atoms with Gasteiger partial charge in [-0.15, -0.1) is 0 Å². The Labute approximate surface area is 106 Å². The third kappa shape index (κ3) is 3.84. The van der Waals surface area contributed by atoms with E-state index in [-0.39, 0.29) is 0 Å². The first kappa shape index (κ1) is 12.0. The van der Waals surface area contributed by atoms with Crippen molar-refractivity contribution >= 4 is 27.9 Å². The molecule has 0 aromatic heterocycles. The molecule has 16 heavy (non-hydrogen) atoms. The van der Waals surface area contributed by atoms with E-state index in [1.54, 1.807) is 11.8 Å². The molecule has 0 unspecified atom stereocenters. The van der Waals surface area contributed by atoms with Gasteiger partial charge in [0, 0.05) is 4.90 Å². The fourth-order valence-corrected chi connectivity index (χ4v) is 3.06. The van der Waals surface area contributed by atoms with Crippen LogP contribution in [0.5, 0.6) is 0 Å². The molecular weight excluding hydrogens is 238 g/mol. The molecule has 1 aromatic rings. The van der Waals surface area contributed by atoms with Crippen LogP contribution in [0.15, 0.2) is 40.2 Å². The van der Waals surface area contributed by atoms with E-state index in [4.69, 9.17) is 11.6 Å². The van der Waals surface area contributed by atoms with Gasteiger partial charge in [-0.2, -0.15) is 0 Å². The third-order valence-corrected chi connectivity index (χ3v) is 3.91. The zero-order valence-electron chi connectivity index (χ0n) is 9.23. The summed E-state index contributed by atoms with van der Waals surface area (Å²) in [5.41, 5.74) is 0. The Balaban J connectivity index is 1.91. The van der Waals surface area contributed by atoms with Crippen molar-refractivity contribution < 1.29 is 0 Å². The van der Waals surface area contributed by atoms with E-state index >= 15 is 0 Å². The zero-order chi connectivity index (χ0) is 11.2. The van der Waals surface area contributed by atoms with Gasteiger partial charge in [0.1, 0.15) is 0 Å². The third-order valence-electron chi connectivity index (χ3n) is 2.80. The predicted molar refractivity (Wildman–Crippen MR) is 72.5 cm³/mol. The number of aliphatic imine (C=N–C) groups is 1. The molecule has 3 heteroatoms. The number of hydrogen-bond donors (Lipinski definition) is 0. The smallest absolute Gasteiger partial charge is 0.163 e. The van der Waals surface area contributed by atoms with Crippen molar-refractivity contribution in [3.63, 3.8) is 0 Å². The summed E-state index contributed by atoms with van der Waals surface area (Å²) in [6, 6.07) is 10.6. The summed E-state index contributed by atoms with van der Waals surface area (Å²) in [4.78, 5) is 5.74. The normalized spacial score (nSPS) is 18.7. The van der Waals surface area contributed by atoms with Crippen molar-refractivity contribution in [2.45, 2.75) is 43.0 Å². The molecule has 0 heterocycles. The van der Waals surface area contributed by atoms with Crippen molar-refractivity contribution in [2.75, 3.05) is 0 Å². The Morgan fingerprint density at radius 2 is 1.81 bits per heavy atom. The summed E-state index contributed by atoms with van der Waals surface area (Å²) >= 11 is 7.71. The molecule has 1 aliphatic carbocycles. The van der Waals surface area contributed by atoms with E-state index in [2.05, 4.69) is 17.1 Å². The maximum absolute atomic E-state index is 6.16. The minimum absolute atomic E-state index is 0.456. The number of rotatable bonds is 2. The van der Waals surface area contributed by atoms with Crippen molar-refractivity contribution in [2.24, 2.45) is 4.99 Å². The maximum atomic E-state index is 6.16. The highest BCUT2D eigenvalue weighted by Crippen LogP contribution is 2.25. The SMILES string of the molecule is ClC(=NC1CCCCC1)Sc1ccccc1. The Kier molecular flexibility index (Phi) is 4.73. The molecule has 1 aliphatic rings. The van der Waals surface area contributed by atoms with Crippen LogP contribution in [0.4, 0.5) is 0 Å². The van der Waals surface area contributed by atoms with Crippen LogP contribution in [-0.4, -0.2) is 10.5 Å². The minimum Gasteiger partial charge on any atom is -0.264 e. The molecule has 0 atom stereocenters. The van der Waals surface area contributed by atoms with E-state index in [0.717, 1.165) is 4.90 Å². The number of benzene rings is 1. The molecule has 0 aliphatic heterocycles. The molecule has 0 radical (unpaired) electrons. The van der Waals surface area contributed by atoms with E-state index < -0.39 is 0 Å². The Morgan fingerprint density at radius 3 is 2.50 bits per heavy atom. The van der Waals surface area contributed by atoms with Crippen LogP contribution in [0.2, 0.25) is 0 Å². The lowest BCUT2D eigenvalue weighted by Crippen LogP contribution is -2.10. The minimum atomic E-state index is 0.456. The van der Waals surface area contributed by atoms with E-state index in [0.29, 0.717) is 10.5 Å². The van der Waals surface area contributed by atoms with Crippen LogP contribution in [0, 0.1) is 0 Å². The maximum Gasteiger partial charge on any atom is 0.163 e. The molecule has 1 nitrogen and oxygen atoms in total. The first-order valence-corrected chi connectivity index (χ1v) is 7.00. The molecule has 0 N–H and O–H groups in total. The molecule has 1 aromatic carbocycles. The second-order valence-corrected chi connectivity index (χ2v) is 5.73. The van der Waals surface area contributed by atoms with E-state index in [1.165, 1.54) is 32.1 Å². The molecule has 1 fully saturated rings. The molecular formula is C13H16ClNS. The van der Waals surface area contributed by atoms with Crippen LogP contribution in [0.1, 0.15) is 32.1 Å². The highest BCUT2D eigenvalue weighted by Gasteiger charge is 2.12. The van der Waals surface area contributed by atoms with Crippen LogP contribution < -0.4 is 0 Å². The quantitative estimate of drug-likeness (QED) is 0.423. The number of hydrogen-bond acceptors (Lipinski definition) is 2. The van der Waals surface area contributed by atoms with Gasteiger partial charge in [-0.1, -0.05) is 60.8 Å². The van der Waals surface area contributed by atoms with Crippen LogP contribution in [-0.2, 0) is 0 Å². The molecule has 2 rings (SSSR count). The average Bonchev–Trinajstić information content (AvgIpc) is 2.31. The molecule has 0 saturated heterocycles. The van der Waals surface area contributed by atoms with Gasteiger partial charge in [-0.05, 0) is 25.0 Å². The van der Waals surface area contributed by atoms with Crippen molar-refractivity contribution in [3.05, 3.63) is 30.3 Å². The molecule has 0 amide bonds. The monoisotopic (exact) mass is 253 g/mol. The van der Waals surface area contributed by atoms with Gasteiger partial charge in [-0.25, -0.2) is 0 Å². The first-order chi connectivity index (χ1) is 7.84. The Bertz CT molecular complexity index is 344. The molecule has 86 valence electrons. The van der Waals surface area contributed by atoms with Gasteiger partial charge in [0.05, 0.1) is 6.04 Å². The molecule has 0 spiro atoms. The highest BCUT2D eigenvalue weighted by molar-refractivity contribution is 8.16. The predicted octanol–water partition coefficient (Wildman–Crippen LogP) is 4.71. The van der Waals surface area contributed by atoms with Gasteiger partial charge in [-0.3, -0.25) is 4.99 Å². The van der Waals surface area contributed by atoms with Crippen molar-refractivity contribution in [3.8, 4) is 0 Å². The fourth-order valence-electron chi connectivity index (χ4n) is 1.97. The lowest BCUT2D eigenvalue weighted by molar-refractivity contribution is 0.444. The van der Waals surface area contributed by atoms with Crippen LogP contribution >= 0.6 is 23.4 Å². The summed E-state index contributed by atoms with van der Waals surface area (Å²) in [6.45, 7) is 0. The average molecular weight is 254 g/mol. The Hall–Kier alpha value is -0.470. The second kappa shape index (κ2) is 6.31. The van der Waals surface area contributed by atoms with Gasteiger partial charge in [0.25, 0.3) is 0 Å². The summed E-state index contributed by atoms with van der Waals surface area (Å²) in [5.74, 6) is 0. The number of thioether (sulfide) groups is 1. The lowest BCUT2D eigenvalue weighted by atomic mass is 9.96. The fraction of sp³-hybridized carbons (Fsp3) is 0.462. The van der Waals surface area contributed by atoms with Gasteiger partial charge in [0.2, 0.25) is 0 Å². The first-order valence-electron chi connectivity index (χ1n) is 5.81. The molecule has 0 bridgehead atoms. The highest BCUT2D eigenvalue weighted by atomic mass is 35.5. The topological polar surface area (TPSA) is 12.4 Å². The summed E-state index contributed by atoms with van der Waals surface area (Å²) in [5, 5.41) is 0. The number of nitrogens with zero attached hydrogens (tertiary/aromatic N) is 1. The van der Waals surface area contributed by atoms with Crippen molar-refractivity contribution in [1.82, 2.24) is 0 Å². The summed E-state index contributed by atoms with van der Waals surface area (Å²) in [7, 11) is 0. The van der Waals surface area contributed by atoms with Gasteiger partial charge < -0.3 is 0 Å². The standard InChI is InChI=1S/C13H16ClNS/c14-13(15-11-7-3-1-4-8-11)16-12-9-5-2-6-10-12/h2,5-6,9-11H,1,3-4,7-8H2.